The van der Waals surface area contributed by atoms with Gasteiger partial charge in [-0.2, -0.15) is 0 Å². The lowest BCUT2D eigenvalue weighted by Gasteiger charge is -2.36. The number of nitrogen functional groups attached to an aromatic ring is 1. The van der Waals surface area contributed by atoms with Gasteiger partial charge in [-0.1, -0.05) is 6.07 Å². The molecule has 5 heteroatoms. The van der Waals surface area contributed by atoms with Crippen molar-refractivity contribution in [1.82, 2.24) is 0 Å². The van der Waals surface area contributed by atoms with Gasteiger partial charge in [-0.05, 0) is 31.9 Å². The third-order valence-electron chi connectivity index (χ3n) is 3.23. The predicted octanol–water partition coefficient (Wildman–Crippen LogP) is 1.35. The van der Waals surface area contributed by atoms with E-state index < -0.39 is 5.91 Å². The van der Waals surface area contributed by atoms with Gasteiger partial charge in [0.1, 0.15) is 0 Å². The van der Waals surface area contributed by atoms with Crippen LogP contribution in [-0.4, -0.2) is 24.7 Å². The van der Waals surface area contributed by atoms with E-state index in [-0.39, 0.29) is 0 Å². The molecule has 0 bridgehead atoms. The van der Waals surface area contributed by atoms with Gasteiger partial charge in [0, 0.05) is 12.6 Å². The van der Waals surface area contributed by atoms with Gasteiger partial charge in [0.25, 0.3) is 5.91 Å². The van der Waals surface area contributed by atoms with Crippen LogP contribution in [0.15, 0.2) is 18.2 Å². The molecule has 1 aromatic carbocycles. The van der Waals surface area contributed by atoms with Gasteiger partial charge < -0.3 is 21.5 Å². The lowest BCUT2D eigenvalue weighted by Crippen LogP contribution is -2.41. The van der Waals surface area contributed by atoms with Gasteiger partial charge >= 0.3 is 0 Å². The lowest BCUT2D eigenvalue weighted by molar-refractivity contribution is 0.00300. The Morgan fingerprint density at radius 2 is 2.22 bits per heavy atom. The van der Waals surface area contributed by atoms with E-state index in [9.17, 15) is 4.79 Å². The second-order valence-corrected chi connectivity index (χ2v) is 4.52. The number of nitrogens with two attached hydrogens (primary N) is 2. The average molecular weight is 249 g/mol. The number of benzene rings is 1. The van der Waals surface area contributed by atoms with E-state index in [1.54, 1.807) is 12.1 Å². The number of hydrogen-bond acceptors (Lipinski definition) is 4. The van der Waals surface area contributed by atoms with Crippen molar-refractivity contribution in [1.29, 1.82) is 0 Å². The van der Waals surface area contributed by atoms with Crippen LogP contribution < -0.4 is 16.8 Å². The maximum atomic E-state index is 11.2. The van der Waals surface area contributed by atoms with E-state index in [0.29, 0.717) is 23.4 Å². The summed E-state index contributed by atoms with van der Waals surface area (Å²) in [4.78, 5) is 11.2. The monoisotopic (exact) mass is 249 g/mol. The average Bonchev–Trinajstić information content (AvgIpc) is 2.28. The fraction of sp³-hybridized carbons (Fsp3) is 0.462. The van der Waals surface area contributed by atoms with Crippen molar-refractivity contribution < 1.29 is 9.53 Å². The van der Waals surface area contributed by atoms with E-state index in [1.807, 2.05) is 13.0 Å². The van der Waals surface area contributed by atoms with E-state index >= 15 is 0 Å². The van der Waals surface area contributed by atoms with Gasteiger partial charge in [-0.15, -0.1) is 0 Å². The van der Waals surface area contributed by atoms with Gasteiger partial charge in [0.05, 0.1) is 23.0 Å². The second-order valence-electron chi connectivity index (χ2n) is 4.52. The summed E-state index contributed by atoms with van der Waals surface area (Å²) < 4.78 is 5.49. The van der Waals surface area contributed by atoms with Crippen molar-refractivity contribution in [2.45, 2.75) is 31.9 Å². The molecule has 0 saturated heterocycles. The molecule has 1 amide bonds. The quantitative estimate of drug-likeness (QED) is 0.687. The molecule has 0 aliphatic heterocycles. The summed E-state index contributed by atoms with van der Waals surface area (Å²) in [5.41, 5.74) is 12.7. The van der Waals surface area contributed by atoms with Crippen LogP contribution in [-0.2, 0) is 4.74 Å². The zero-order valence-electron chi connectivity index (χ0n) is 10.5. The third-order valence-corrected chi connectivity index (χ3v) is 3.23. The molecular formula is C13H19N3O2. The number of ether oxygens (including phenoxy) is 1. The molecule has 5 nitrogen and oxygen atoms in total. The van der Waals surface area contributed by atoms with Crippen LogP contribution in [0.3, 0.4) is 0 Å². The predicted molar refractivity (Wildman–Crippen MR) is 71.4 cm³/mol. The number of hydrogen-bond donors (Lipinski definition) is 3. The molecule has 0 radical (unpaired) electrons. The molecule has 0 unspecified atom stereocenters. The summed E-state index contributed by atoms with van der Waals surface area (Å²) in [6.45, 7) is 2.74. The first-order valence-electron chi connectivity index (χ1n) is 6.18. The summed E-state index contributed by atoms with van der Waals surface area (Å²) in [5, 5.41) is 3.32. The molecule has 98 valence electrons. The van der Waals surface area contributed by atoms with Gasteiger partial charge in [0.2, 0.25) is 0 Å². The van der Waals surface area contributed by atoms with Crippen molar-refractivity contribution >= 4 is 17.3 Å². The van der Waals surface area contributed by atoms with Crippen LogP contribution in [0.1, 0.15) is 30.1 Å². The molecule has 0 spiro atoms. The van der Waals surface area contributed by atoms with Crippen LogP contribution >= 0.6 is 0 Å². The van der Waals surface area contributed by atoms with Crippen LogP contribution in [0, 0.1) is 0 Å². The summed E-state index contributed by atoms with van der Waals surface area (Å²) >= 11 is 0. The largest absolute Gasteiger partial charge is 0.396 e. The highest BCUT2D eigenvalue weighted by Gasteiger charge is 2.29. The van der Waals surface area contributed by atoms with E-state index in [0.717, 1.165) is 25.1 Å². The standard InChI is InChI=1S/C13H19N3O2/c1-2-18-9-6-8(7-9)16-11-5-3-4-10(12(11)14)13(15)17/h3-5,8-9,16H,2,6-7,14H2,1H3,(H2,15,17). The normalized spacial score (nSPS) is 22.3. The van der Waals surface area contributed by atoms with E-state index in [1.165, 1.54) is 0 Å². The Hall–Kier alpha value is -1.75. The molecular weight excluding hydrogens is 230 g/mol. The van der Waals surface area contributed by atoms with Crippen LogP contribution in [0.2, 0.25) is 0 Å². The molecule has 18 heavy (non-hydrogen) atoms. The number of carbonyl (C=O) groups is 1. The molecule has 0 aromatic heterocycles. The first-order valence-corrected chi connectivity index (χ1v) is 6.18. The van der Waals surface area contributed by atoms with E-state index in [4.69, 9.17) is 16.2 Å². The van der Waals surface area contributed by atoms with Crippen LogP contribution in [0.4, 0.5) is 11.4 Å². The zero-order valence-corrected chi connectivity index (χ0v) is 10.5. The fourth-order valence-electron chi connectivity index (χ4n) is 2.18. The maximum Gasteiger partial charge on any atom is 0.250 e. The minimum absolute atomic E-state index is 0.341. The topological polar surface area (TPSA) is 90.4 Å². The Labute approximate surface area is 106 Å². The highest BCUT2D eigenvalue weighted by Crippen LogP contribution is 2.30. The maximum absolute atomic E-state index is 11.2. The molecule has 5 N–H and O–H groups in total. The zero-order chi connectivity index (χ0) is 13.1. The summed E-state index contributed by atoms with van der Waals surface area (Å²) in [6, 6.07) is 5.62. The van der Waals surface area contributed by atoms with Crippen LogP contribution in [0.5, 0.6) is 0 Å². The summed E-state index contributed by atoms with van der Waals surface area (Å²) in [6.07, 6.45) is 2.27. The number of para-hydroxylation sites is 1. The SMILES string of the molecule is CCOC1CC(Nc2cccc(C(N)=O)c2N)C1. The minimum atomic E-state index is -0.503. The Morgan fingerprint density at radius 1 is 1.50 bits per heavy atom. The van der Waals surface area contributed by atoms with E-state index in [2.05, 4.69) is 5.32 Å². The lowest BCUT2D eigenvalue weighted by atomic mass is 9.89. The fourth-order valence-corrected chi connectivity index (χ4v) is 2.18. The van der Waals surface area contributed by atoms with Gasteiger partial charge in [-0.25, -0.2) is 0 Å². The Balaban J connectivity index is 1.99. The second kappa shape index (κ2) is 5.27. The molecule has 1 aliphatic rings. The Bertz CT molecular complexity index is 442. The number of amides is 1. The van der Waals surface area contributed by atoms with Gasteiger partial charge in [0.15, 0.2) is 0 Å². The third kappa shape index (κ3) is 2.56. The minimum Gasteiger partial charge on any atom is -0.396 e. The van der Waals surface area contributed by atoms with Crippen molar-refractivity contribution in [3.63, 3.8) is 0 Å². The van der Waals surface area contributed by atoms with Crippen LogP contribution in [0.25, 0.3) is 0 Å². The molecule has 1 saturated carbocycles. The van der Waals surface area contributed by atoms with Gasteiger partial charge in [-0.3, -0.25) is 4.79 Å². The molecule has 2 rings (SSSR count). The molecule has 0 atom stereocenters. The summed E-state index contributed by atoms with van der Waals surface area (Å²) in [5.74, 6) is -0.503. The number of nitrogens with one attached hydrogen (secondary N) is 1. The molecule has 0 heterocycles. The number of carbonyl (C=O) groups excluding carboxylic acids is 1. The molecule has 1 aliphatic carbocycles. The van der Waals surface area contributed by atoms with Crippen molar-refractivity contribution in [3.05, 3.63) is 23.8 Å². The first-order chi connectivity index (χ1) is 8.61. The smallest absolute Gasteiger partial charge is 0.250 e. The van der Waals surface area contributed by atoms with Crippen molar-refractivity contribution in [3.8, 4) is 0 Å². The number of rotatable bonds is 5. The number of primary amides is 1. The highest BCUT2D eigenvalue weighted by atomic mass is 16.5. The molecule has 1 fully saturated rings. The highest BCUT2D eigenvalue weighted by molar-refractivity contribution is 6.00. The Morgan fingerprint density at radius 3 is 2.83 bits per heavy atom. The Kier molecular flexibility index (Phi) is 3.72. The van der Waals surface area contributed by atoms with Crippen molar-refractivity contribution in [2.75, 3.05) is 17.7 Å². The number of anilines is 2. The van der Waals surface area contributed by atoms with Crippen molar-refractivity contribution in [2.24, 2.45) is 5.73 Å². The summed E-state index contributed by atoms with van der Waals surface area (Å²) in [7, 11) is 0. The first kappa shape index (κ1) is 12.7. The molecule has 1 aromatic rings.